The second kappa shape index (κ2) is 5.78. The van der Waals surface area contributed by atoms with Gasteiger partial charge in [0, 0.05) is 18.3 Å². The molecule has 1 aromatic heterocycles. The smallest absolute Gasteiger partial charge is 0.417 e. The van der Waals surface area contributed by atoms with E-state index in [2.05, 4.69) is 4.98 Å². The molecule has 0 atom stereocenters. The molecule has 1 aliphatic carbocycles. The fourth-order valence-corrected chi connectivity index (χ4v) is 2.11. The summed E-state index contributed by atoms with van der Waals surface area (Å²) in [5, 5.41) is 8.44. The van der Waals surface area contributed by atoms with Crippen LogP contribution in [0.25, 0.3) is 0 Å². The first-order chi connectivity index (χ1) is 10.2. The molecule has 0 spiro atoms. The van der Waals surface area contributed by atoms with Gasteiger partial charge < -0.3 is 9.84 Å². The fourth-order valence-electron chi connectivity index (χ4n) is 2.11. The predicted molar refractivity (Wildman–Crippen MR) is 67.6 cm³/mol. The Labute approximate surface area is 123 Å². The van der Waals surface area contributed by atoms with Gasteiger partial charge in [-0.1, -0.05) is 0 Å². The molecule has 0 aliphatic heterocycles. The molecule has 0 saturated heterocycles. The van der Waals surface area contributed by atoms with E-state index in [0.717, 1.165) is 18.6 Å². The lowest BCUT2D eigenvalue weighted by Crippen LogP contribution is -2.39. The highest BCUT2D eigenvalue weighted by Gasteiger charge is 2.44. The molecular weight excluding hydrogens is 303 g/mol. The number of hydrogen-bond donors (Lipinski definition) is 1. The first kappa shape index (κ1) is 16.0. The minimum atomic E-state index is -4.49. The van der Waals surface area contributed by atoms with Gasteiger partial charge in [0.2, 0.25) is 0 Å². The molecule has 8 heteroatoms. The Morgan fingerprint density at radius 3 is 2.36 bits per heavy atom. The van der Waals surface area contributed by atoms with Gasteiger partial charge in [-0.25, -0.2) is 9.59 Å². The minimum absolute atomic E-state index is 0.226. The zero-order valence-corrected chi connectivity index (χ0v) is 11.3. The number of hydrogen-bond acceptors (Lipinski definition) is 4. The lowest BCUT2D eigenvalue weighted by atomic mass is 9.77. The van der Waals surface area contributed by atoms with Crippen LogP contribution in [0.15, 0.2) is 30.5 Å². The van der Waals surface area contributed by atoms with Crippen molar-refractivity contribution in [2.24, 2.45) is 0 Å². The maximum Gasteiger partial charge on any atom is 0.417 e. The summed E-state index contributed by atoms with van der Waals surface area (Å²) in [7, 11) is 0. The third-order valence-corrected chi connectivity index (χ3v) is 3.38. The summed E-state index contributed by atoms with van der Waals surface area (Å²) < 4.78 is 42.7. The summed E-state index contributed by atoms with van der Waals surface area (Å²) >= 11 is 0. The maximum atomic E-state index is 12.5. The molecule has 0 radical (unpaired) electrons. The second-order valence-corrected chi connectivity index (χ2v) is 4.87. The van der Waals surface area contributed by atoms with Gasteiger partial charge in [-0.3, -0.25) is 4.98 Å². The van der Waals surface area contributed by atoms with Crippen molar-refractivity contribution in [2.75, 3.05) is 0 Å². The van der Waals surface area contributed by atoms with Gasteiger partial charge in [-0.2, -0.15) is 13.2 Å². The van der Waals surface area contributed by atoms with E-state index in [9.17, 15) is 22.8 Å². The first-order valence-corrected chi connectivity index (χ1v) is 6.41. The molecule has 2 rings (SSSR count). The van der Waals surface area contributed by atoms with E-state index >= 15 is 0 Å². The van der Waals surface area contributed by atoms with Gasteiger partial charge in [-0.15, -0.1) is 0 Å². The Balaban J connectivity index is 2.17. The van der Waals surface area contributed by atoms with E-state index in [1.54, 1.807) is 0 Å². The number of halogens is 3. The van der Waals surface area contributed by atoms with E-state index in [1.807, 2.05) is 0 Å². The van der Waals surface area contributed by atoms with Gasteiger partial charge in [0.15, 0.2) is 5.60 Å². The number of nitrogens with zero attached hydrogens (tertiary/aromatic N) is 1. The van der Waals surface area contributed by atoms with Gasteiger partial charge in [0.25, 0.3) is 0 Å². The van der Waals surface area contributed by atoms with Crippen LogP contribution in [-0.4, -0.2) is 22.0 Å². The van der Waals surface area contributed by atoms with Crippen LogP contribution in [0.3, 0.4) is 0 Å². The number of rotatable bonds is 4. The maximum absolute atomic E-state index is 12.5. The molecule has 1 heterocycles. The number of carbonyl (C=O) groups excluding carboxylic acids is 1. The number of esters is 1. The molecule has 1 aliphatic rings. The van der Waals surface area contributed by atoms with E-state index < -0.39 is 29.3 Å². The van der Waals surface area contributed by atoms with Crippen molar-refractivity contribution >= 4 is 11.9 Å². The number of pyridine rings is 1. The standard InChI is InChI=1S/C14H12F3NO4/c15-14(16,17)9-2-3-10(18-8-9)13(6-1-7-13)22-12(21)5-4-11(19)20/h2-5,8H,1,6-7H2,(H,19,20)/b5-4+. The highest BCUT2D eigenvalue weighted by atomic mass is 19.4. The summed E-state index contributed by atoms with van der Waals surface area (Å²) in [6.07, 6.45) is -0.814. The van der Waals surface area contributed by atoms with Gasteiger partial charge in [0.05, 0.1) is 11.3 Å². The Morgan fingerprint density at radius 2 is 1.95 bits per heavy atom. The van der Waals surface area contributed by atoms with E-state index in [-0.39, 0.29) is 5.69 Å². The van der Waals surface area contributed by atoms with Crippen LogP contribution in [0.4, 0.5) is 13.2 Å². The Morgan fingerprint density at radius 1 is 1.27 bits per heavy atom. The Kier molecular flexibility index (Phi) is 4.20. The van der Waals surface area contributed by atoms with Crippen LogP contribution < -0.4 is 0 Å². The van der Waals surface area contributed by atoms with Crippen molar-refractivity contribution in [1.29, 1.82) is 0 Å². The van der Waals surface area contributed by atoms with Crippen LogP contribution in [0.5, 0.6) is 0 Å². The van der Waals surface area contributed by atoms with Crippen LogP contribution in [0, 0.1) is 0 Å². The molecular formula is C14H12F3NO4. The summed E-state index contributed by atoms with van der Waals surface area (Å²) in [4.78, 5) is 25.7. The summed E-state index contributed by atoms with van der Waals surface area (Å²) in [6.45, 7) is 0. The molecule has 22 heavy (non-hydrogen) atoms. The zero-order chi connectivity index (χ0) is 16.4. The van der Waals surface area contributed by atoms with Gasteiger partial charge in [-0.05, 0) is 31.4 Å². The number of carboxylic acids is 1. The third kappa shape index (κ3) is 3.44. The SMILES string of the molecule is O=C(O)/C=C/C(=O)OC1(c2ccc(C(F)(F)F)cn2)CCC1. The number of aromatic nitrogens is 1. The van der Waals surface area contributed by atoms with E-state index in [1.165, 1.54) is 6.07 Å². The van der Waals surface area contributed by atoms with Gasteiger partial charge >= 0.3 is 18.1 Å². The van der Waals surface area contributed by atoms with Crippen molar-refractivity contribution in [3.8, 4) is 0 Å². The van der Waals surface area contributed by atoms with Crippen molar-refractivity contribution in [1.82, 2.24) is 4.98 Å². The first-order valence-electron chi connectivity index (χ1n) is 6.41. The van der Waals surface area contributed by atoms with Crippen LogP contribution in [0.1, 0.15) is 30.5 Å². The summed E-state index contributed by atoms with van der Waals surface area (Å²) in [5.41, 5.74) is -1.74. The molecule has 0 unspecified atom stereocenters. The summed E-state index contributed by atoms with van der Waals surface area (Å²) in [6, 6.07) is 2.06. The largest absolute Gasteiger partial charge is 0.478 e. The minimum Gasteiger partial charge on any atom is -0.478 e. The molecule has 0 amide bonds. The van der Waals surface area contributed by atoms with Crippen molar-refractivity contribution in [2.45, 2.75) is 31.0 Å². The predicted octanol–water partition coefficient (Wildman–Crippen LogP) is 2.66. The van der Waals surface area contributed by atoms with Crippen LogP contribution >= 0.6 is 0 Å². The van der Waals surface area contributed by atoms with Gasteiger partial charge in [0.1, 0.15) is 0 Å². The average Bonchev–Trinajstić information content (AvgIpc) is 2.40. The normalized spacial score (nSPS) is 17.0. The zero-order valence-electron chi connectivity index (χ0n) is 11.3. The average molecular weight is 315 g/mol. The number of ether oxygens (including phenoxy) is 1. The van der Waals surface area contributed by atoms with Crippen molar-refractivity contribution in [3.05, 3.63) is 41.7 Å². The molecule has 5 nitrogen and oxygen atoms in total. The van der Waals surface area contributed by atoms with Crippen molar-refractivity contribution in [3.63, 3.8) is 0 Å². The van der Waals surface area contributed by atoms with Crippen LogP contribution in [-0.2, 0) is 26.1 Å². The molecule has 1 fully saturated rings. The van der Waals surface area contributed by atoms with Crippen molar-refractivity contribution < 1.29 is 32.6 Å². The molecule has 1 N–H and O–H groups in total. The Bertz CT molecular complexity index is 604. The van der Waals surface area contributed by atoms with E-state index in [0.29, 0.717) is 25.1 Å². The van der Waals surface area contributed by atoms with Crippen LogP contribution in [0.2, 0.25) is 0 Å². The number of alkyl halides is 3. The lowest BCUT2D eigenvalue weighted by Gasteiger charge is -2.40. The molecule has 118 valence electrons. The highest BCUT2D eigenvalue weighted by molar-refractivity contribution is 5.91. The quantitative estimate of drug-likeness (QED) is 0.683. The second-order valence-electron chi connectivity index (χ2n) is 4.87. The number of aliphatic carboxylic acids is 1. The topological polar surface area (TPSA) is 76.5 Å². The lowest BCUT2D eigenvalue weighted by molar-refractivity contribution is -0.166. The molecule has 0 bridgehead atoms. The number of carbonyl (C=O) groups is 2. The third-order valence-electron chi connectivity index (χ3n) is 3.38. The fraction of sp³-hybridized carbons (Fsp3) is 0.357. The highest BCUT2D eigenvalue weighted by Crippen LogP contribution is 2.44. The molecule has 1 saturated carbocycles. The van der Waals surface area contributed by atoms with E-state index in [4.69, 9.17) is 9.84 Å². The Hall–Kier alpha value is -2.38. The molecule has 1 aromatic rings. The number of carboxylic acid groups (broad SMARTS) is 1. The summed E-state index contributed by atoms with van der Waals surface area (Å²) in [5.74, 6) is -2.17. The monoisotopic (exact) mass is 315 g/mol. The molecule has 0 aromatic carbocycles.